The molecule has 2 rings (SSSR count). The van der Waals surface area contributed by atoms with Crippen LogP contribution >= 0.6 is 11.8 Å². The summed E-state index contributed by atoms with van der Waals surface area (Å²) >= 11 is 0.953. The lowest BCUT2D eigenvalue weighted by Crippen LogP contribution is -2.61. The van der Waals surface area contributed by atoms with E-state index < -0.39 is 34.7 Å². The zero-order chi connectivity index (χ0) is 26.9. The first-order chi connectivity index (χ1) is 17.0. The quantitative estimate of drug-likeness (QED) is 0.337. The van der Waals surface area contributed by atoms with E-state index in [1.807, 2.05) is 13.8 Å². The number of ether oxygens (including phenoxy) is 2. The molecule has 0 bridgehead atoms. The summed E-state index contributed by atoms with van der Waals surface area (Å²) in [5.41, 5.74) is -0.433. The molecule has 2 atom stereocenters. The highest BCUT2D eigenvalue weighted by Gasteiger charge is 2.45. The van der Waals surface area contributed by atoms with Crippen LogP contribution in [0.4, 0.5) is 0 Å². The summed E-state index contributed by atoms with van der Waals surface area (Å²) in [6.45, 7) is 8.25. The van der Waals surface area contributed by atoms with Crippen molar-refractivity contribution in [3.8, 4) is 5.75 Å². The van der Waals surface area contributed by atoms with Crippen LogP contribution in [0.3, 0.4) is 0 Å². The molecular formula is C26H36N2O7S. The average molecular weight is 521 g/mol. The molecule has 0 unspecified atom stereocenters. The van der Waals surface area contributed by atoms with Crippen molar-refractivity contribution in [1.29, 1.82) is 0 Å². The van der Waals surface area contributed by atoms with Crippen LogP contribution in [0.5, 0.6) is 5.75 Å². The number of amides is 2. The van der Waals surface area contributed by atoms with Crippen LogP contribution in [0, 0.1) is 5.92 Å². The van der Waals surface area contributed by atoms with Crippen LogP contribution in [0.1, 0.15) is 65.9 Å². The minimum atomic E-state index is -1.16. The minimum absolute atomic E-state index is 0.109. The molecule has 0 aromatic heterocycles. The Bertz CT molecular complexity index is 956. The number of thioether (sulfide) groups is 1. The first-order valence-electron chi connectivity index (χ1n) is 12.2. The molecule has 1 fully saturated rings. The van der Waals surface area contributed by atoms with Gasteiger partial charge in [-0.2, -0.15) is 0 Å². The van der Waals surface area contributed by atoms with Crippen molar-refractivity contribution >= 4 is 40.6 Å². The molecule has 1 aromatic rings. The Kier molecular flexibility index (Phi) is 11.0. The Hall–Kier alpha value is -2.88. The van der Waals surface area contributed by atoms with Gasteiger partial charge in [0.1, 0.15) is 17.3 Å². The van der Waals surface area contributed by atoms with Crippen molar-refractivity contribution in [2.24, 2.45) is 5.92 Å². The van der Waals surface area contributed by atoms with Gasteiger partial charge in [-0.25, -0.2) is 4.79 Å². The van der Waals surface area contributed by atoms with Gasteiger partial charge in [0, 0.05) is 20.3 Å². The summed E-state index contributed by atoms with van der Waals surface area (Å²) in [7, 11) is 0. The second-order valence-electron chi connectivity index (χ2n) is 9.27. The first-order valence-corrected chi connectivity index (χ1v) is 13.1. The summed E-state index contributed by atoms with van der Waals surface area (Å²) in [6, 6.07) is 5.65. The van der Waals surface area contributed by atoms with E-state index in [1.165, 1.54) is 13.8 Å². The maximum atomic E-state index is 13.5. The third-order valence-corrected chi connectivity index (χ3v) is 7.26. The van der Waals surface area contributed by atoms with Crippen molar-refractivity contribution in [2.75, 3.05) is 6.61 Å². The van der Waals surface area contributed by atoms with Gasteiger partial charge in [0.15, 0.2) is 5.12 Å². The van der Waals surface area contributed by atoms with E-state index in [9.17, 15) is 24.0 Å². The fourth-order valence-corrected chi connectivity index (χ4v) is 4.99. The maximum absolute atomic E-state index is 13.5. The zero-order valence-electron chi connectivity index (χ0n) is 21.6. The number of esters is 2. The van der Waals surface area contributed by atoms with Crippen LogP contribution in [0.25, 0.3) is 0 Å². The molecule has 1 saturated carbocycles. The first kappa shape index (κ1) is 29.4. The molecule has 0 saturated heterocycles. The number of carbonyl (C=O) groups is 5. The van der Waals surface area contributed by atoms with Gasteiger partial charge in [0.2, 0.25) is 11.8 Å². The van der Waals surface area contributed by atoms with Gasteiger partial charge in [-0.3, -0.25) is 19.2 Å². The molecule has 0 aliphatic heterocycles. The molecule has 2 amide bonds. The van der Waals surface area contributed by atoms with Crippen LogP contribution < -0.4 is 15.4 Å². The second kappa shape index (κ2) is 13.4. The van der Waals surface area contributed by atoms with Crippen molar-refractivity contribution in [3.63, 3.8) is 0 Å². The Morgan fingerprint density at radius 2 is 1.64 bits per heavy atom. The summed E-state index contributed by atoms with van der Waals surface area (Å²) < 4.78 is 10.2. The van der Waals surface area contributed by atoms with E-state index in [-0.39, 0.29) is 30.0 Å². The van der Waals surface area contributed by atoms with Crippen molar-refractivity contribution in [1.82, 2.24) is 10.6 Å². The normalized spacial score (nSPS) is 16.1. The molecule has 10 heteroatoms. The van der Waals surface area contributed by atoms with E-state index >= 15 is 0 Å². The lowest BCUT2D eigenvalue weighted by molar-refractivity contribution is -0.148. The molecule has 36 heavy (non-hydrogen) atoms. The lowest BCUT2D eigenvalue weighted by Gasteiger charge is -2.33. The highest BCUT2D eigenvalue weighted by Crippen LogP contribution is 2.32. The van der Waals surface area contributed by atoms with Gasteiger partial charge >= 0.3 is 11.9 Å². The Labute approximate surface area is 216 Å². The third kappa shape index (κ3) is 8.36. The monoisotopic (exact) mass is 520 g/mol. The van der Waals surface area contributed by atoms with Crippen LogP contribution in [0.2, 0.25) is 0 Å². The van der Waals surface area contributed by atoms with Crippen LogP contribution in [-0.2, 0) is 35.1 Å². The molecule has 1 aromatic carbocycles. The van der Waals surface area contributed by atoms with Crippen molar-refractivity contribution in [2.45, 2.75) is 83.6 Å². The zero-order valence-corrected chi connectivity index (χ0v) is 22.4. The van der Waals surface area contributed by atoms with E-state index in [2.05, 4.69) is 10.6 Å². The van der Waals surface area contributed by atoms with E-state index in [0.717, 1.165) is 30.2 Å². The highest BCUT2D eigenvalue weighted by atomic mass is 32.2. The molecule has 0 heterocycles. The number of hydrogen-bond acceptors (Lipinski definition) is 8. The summed E-state index contributed by atoms with van der Waals surface area (Å²) in [5, 5.41) is 4.94. The van der Waals surface area contributed by atoms with Gasteiger partial charge in [0.25, 0.3) is 0 Å². The minimum Gasteiger partial charge on any atom is -0.464 e. The smallest absolute Gasteiger partial charge is 0.328 e. The van der Waals surface area contributed by atoms with Gasteiger partial charge in [-0.1, -0.05) is 50.6 Å². The van der Waals surface area contributed by atoms with Gasteiger partial charge in [0.05, 0.1) is 11.9 Å². The van der Waals surface area contributed by atoms with Crippen LogP contribution in [0.15, 0.2) is 24.3 Å². The fraction of sp³-hybridized carbons (Fsp3) is 0.577. The van der Waals surface area contributed by atoms with Crippen LogP contribution in [-0.4, -0.2) is 52.3 Å². The number of benzene rings is 1. The molecule has 2 N–H and O–H groups in total. The summed E-state index contributed by atoms with van der Waals surface area (Å²) in [4.78, 5) is 62.2. The number of nitrogens with one attached hydrogen (secondary N) is 2. The van der Waals surface area contributed by atoms with Gasteiger partial charge < -0.3 is 20.1 Å². The maximum Gasteiger partial charge on any atom is 0.328 e. The number of hydrogen-bond donors (Lipinski definition) is 2. The Morgan fingerprint density at radius 1 is 1.03 bits per heavy atom. The second-order valence-corrected chi connectivity index (χ2v) is 10.6. The topological polar surface area (TPSA) is 128 Å². The van der Waals surface area contributed by atoms with E-state index in [4.69, 9.17) is 9.47 Å². The predicted molar refractivity (Wildman–Crippen MR) is 136 cm³/mol. The Morgan fingerprint density at radius 3 is 2.14 bits per heavy atom. The molecule has 9 nitrogen and oxygen atoms in total. The SMILES string of the molecule is CCOC(=O)[C@H](Cc1ccc(OC(C)=O)cc1)NC(=O)C1(NC(=O)[C@H](SC(C)=O)C(C)C)CCCC1. The average Bonchev–Trinajstić information content (AvgIpc) is 3.27. The third-order valence-electron chi connectivity index (χ3n) is 5.91. The van der Waals surface area contributed by atoms with Gasteiger partial charge in [-0.15, -0.1) is 0 Å². The molecule has 0 spiro atoms. The standard InChI is InChI=1S/C26H36N2O7S/c1-6-34-24(32)21(15-19-9-11-20(12-10-19)35-17(4)29)27-25(33)26(13-7-8-14-26)28-23(31)22(16(2)3)36-18(5)30/h9-12,16,21-22H,6-8,13-15H2,1-5H3,(H,27,33)(H,28,31)/t21-,22+/m0/s1. The largest absolute Gasteiger partial charge is 0.464 e. The van der Waals surface area contributed by atoms with E-state index in [1.54, 1.807) is 31.2 Å². The molecular weight excluding hydrogens is 484 g/mol. The summed E-state index contributed by atoms with van der Waals surface area (Å²) in [5.74, 6) is -1.57. The number of rotatable bonds is 11. The van der Waals surface area contributed by atoms with Crippen molar-refractivity contribution < 1.29 is 33.4 Å². The molecule has 198 valence electrons. The van der Waals surface area contributed by atoms with Crippen molar-refractivity contribution in [3.05, 3.63) is 29.8 Å². The predicted octanol–water partition coefficient (Wildman–Crippen LogP) is 2.94. The molecule has 1 aliphatic rings. The van der Waals surface area contributed by atoms with Gasteiger partial charge in [-0.05, 0) is 43.4 Å². The van der Waals surface area contributed by atoms with E-state index in [0.29, 0.717) is 18.6 Å². The Balaban J connectivity index is 2.21. The summed E-state index contributed by atoms with van der Waals surface area (Å²) in [6.07, 6.45) is 2.53. The number of carbonyl (C=O) groups excluding carboxylic acids is 5. The lowest BCUT2D eigenvalue weighted by atomic mass is 9.94. The molecule has 1 aliphatic carbocycles. The fourth-order valence-electron chi connectivity index (χ4n) is 4.19. The molecule has 0 radical (unpaired) electrons. The highest BCUT2D eigenvalue weighted by molar-refractivity contribution is 8.14.